The molecule has 0 bridgehead atoms. The zero-order valence-corrected chi connectivity index (χ0v) is 28.9. The molecule has 2 aromatic heterocycles. The fourth-order valence-electron chi connectivity index (χ4n) is 4.86. The smallest absolute Gasteiger partial charge is 2.00 e. The molecule has 0 aliphatic carbocycles. The van der Waals surface area contributed by atoms with Crippen molar-refractivity contribution in [2.45, 2.75) is 59.3 Å². The first-order valence-electron chi connectivity index (χ1n) is 13.9. The Kier molecular flexibility index (Phi) is 8.33. The molecule has 0 spiro atoms. The monoisotopic (exact) mass is 798 g/mol. The molecule has 4 aromatic carbocycles. The predicted molar refractivity (Wildman–Crippen MR) is 169 cm³/mol. The minimum absolute atomic E-state index is 0. The summed E-state index contributed by atoms with van der Waals surface area (Å²) in [5.74, 6) is 1.31. The average Bonchev–Trinajstić information content (AvgIpc) is 3.36. The van der Waals surface area contributed by atoms with Crippen molar-refractivity contribution in [1.82, 2.24) is 15.0 Å². The molecule has 2 heterocycles. The van der Waals surface area contributed by atoms with Gasteiger partial charge in [0.1, 0.15) is 0 Å². The summed E-state index contributed by atoms with van der Waals surface area (Å²) >= 11 is 0.124. The van der Waals surface area contributed by atoms with Gasteiger partial charge in [-0.1, -0.05) is 6.07 Å². The number of aromatic nitrogens is 3. The average molecular weight is 798 g/mol. The van der Waals surface area contributed by atoms with Crippen molar-refractivity contribution in [3.8, 4) is 32.9 Å². The van der Waals surface area contributed by atoms with Crippen LogP contribution in [0.5, 0.6) is 11.5 Å². The standard InChI is InChI=1S/C36H33N3OSe.Pt/c1-22-11-10-12-29-32(22)37-21-38-33(29)23-15-25(35(2,3)4)19-27(17-23)40-28-18-24(16-26(20-28)36(5,6)7)34-39-30-13-8-9-14-31(30)41-34;/h8-16,19-21H,1-7H3;/q-2;+2. The summed E-state index contributed by atoms with van der Waals surface area (Å²) in [6.45, 7) is 15.4. The molecule has 0 amide bonds. The maximum atomic E-state index is 6.62. The van der Waals surface area contributed by atoms with Crippen LogP contribution in [0.4, 0.5) is 0 Å². The number of hydrogen-bond acceptors (Lipinski definition) is 4. The molecule has 6 heteroatoms. The zero-order valence-electron chi connectivity index (χ0n) is 24.9. The van der Waals surface area contributed by atoms with E-state index < -0.39 is 0 Å². The van der Waals surface area contributed by atoms with Crippen LogP contribution < -0.4 is 4.74 Å². The predicted octanol–water partition coefficient (Wildman–Crippen LogP) is 8.86. The van der Waals surface area contributed by atoms with Crippen molar-refractivity contribution in [3.05, 3.63) is 102 Å². The number of benzene rings is 4. The van der Waals surface area contributed by atoms with Crippen molar-refractivity contribution in [3.63, 3.8) is 0 Å². The molecule has 0 unspecified atom stereocenters. The van der Waals surface area contributed by atoms with Gasteiger partial charge in [-0.2, -0.15) is 0 Å². The molecule has 0 aliphatic rings. The Morgan fingerprint density at radius 3 is 2.05 bits per heavy atom. The molecule has 4 nitrogen and oxygen atoms in total. The second-order valence-electron chi connectivity index (χ2n) is 12.6. The first kappa shape index (κ1) is 30.4. The quantitative estimate of drug-likeness (QED) is 0.132. The number of para-hydroxylation sites is 2. The van der Waals surface area contributed by atoms with E-state index in [-0.39, 0.29) is 46.4 Å². The SMILES string of the molecule is Cc1cccc2c(-c3[c-]c(Oc4[c-]c(-c5nc6ccccc6[se]5)cc(C(C)(C)C)c4)cc(C(C)(C)C)c3)ncnc12.[Pt+2]. The Morgan fingerprint density at radius 2 is 1.38 bits per heavy atom. The molecule has 42 heavy (non-hydrogen) atoms. The van der Waals surface area contributed by atoms with Crippen LogP contribution in [0.2, 0.25) is 0 Å². The van der Waals surface area contributed by atoms with Gasteiger partial charge >= 0.3 is 257 Å². The summed E-state index contributed by atoms with van der Waals surface area (Å²) in [6.07, 6.45) is 1.64. The van der Waals surface area contributed by atoms with Gasteiger partial charge in [-0.3, -0.25) is 0 Å². The van der Waals surface area contributed by atoms with Gasteiger partial charge in [0, 0.05) is 0 Å². The van der Waals surface area contributed by atoms with Crippen molar-refractivity contribution in [2.24, 2.45) is 0 Å². The van der Waals surface area contributed by atoms with E-state index in [1.807, 2.05) is 6.07 Å². The first-order chi connectivity index (χ1) is 19.5. The van der Waals surface area contributed by atoms with Crippen LogP contribution in [0.3, 0.4) is 0 Å². The Labute approximate surface area is 268 Å². The van der Waals surface area contributed by atoms with Crippen LogP contribution in [0.15, 0.2) is 73.1 Å². The molecule has 0 saturated carbocycles. The molecular weight excluding hydrogens is 764 g/mol. The third kappa shape index (κ3) is 6.15. The molecule has 0 aliphatic heterocycles. The van der Waals surface area contributed by atoms with E-state index in [2.05, 4.69) is 126 Å². The third-order valence-corrected chi connectivity index (χ3v) is 9.53. The van der Waals surface area contributed by atoms with E-state index in [0.717, 1.165) is 48.9 Å². The van der Waals surface area contributed by atoms with E-state index in [1.165, 1.54) is 9.82 Å². The maximum absolute atomic E-state index is 6.62. The number of fused-ring (bicyclic) bond motifs is 2. The van der Waals surface area contributed by atoms with Gasteiger partial charge in [-0.05, 0) is 6.92 Å². The van der Waals surface area contributed by atoms with Crippen LogP contribution in [0, 0.1) is 19.1 Å². The minimum atomic E-state index is -0.101. The topological polar surface area (TPSA) is 47.9 Å². The molecule has 0 saturated heterocycles. The Bertz CT molecular complexity index is 1880. The van der Waals surface area contributed by atoms with E-state index in [1.54, 1.807) is 6.33 Å². The van der Waals surface area contributed by atoms with Gasteiger partial charge < -0.3 is 0 Å². The molecule has 0 atom stereocenters. The Morgan fingerprint density at radius 1 is 0.738 bits per heavy atom. The van der Waals surface area contributed by atoms with E-state index in [4.69, 9.17) is 14.7 Å². The van der Waals surface area contributed by atoms with Crippen molar-refractivity contribution in [2.75, 3.05) is 0 Å². The summed E-state index contributed by atoms with van der Waals surface area (Å²) in [4.78, 5) is 14.2. The van der Waals surface area contributed by atoms with Crippen LogP contribution in [0.25, 0.3) is 42.1 Å². The first-order valence-corrected chi connectivity index (χ1v) is 15.6. The molecular formula is C36H33N3OPtSe. The normalized spacial score (nSPS) is 12.0. The van der Waals surface area contributed by atoms with E-state index in [0.29, 0.717) is 11.5 Å². The summed E-state index contributed by atoms with van der Waals surface area (Å²) in [7, 11) is 0. The summed E-state index contributed by atoms with van der Waals surface area (Å²) < 4.78 is 9.00. The van der Waals surface area contributed by atoms with Crippen LogP contribution in [-0.2, 0) is 31.9 Å². The van der Waals surface area contributed by atoms with E-state index >= 15 is 0 Å². The van der Waals surface area contributed by atoms with Crippen molar-refractivity contribution < 1.29 is 25.8 Å². The van der Waals surface area contributed by atoms with E-state index in [9.17, 15) is 0 Å². The van der Waals surface area contributed by atoms with Gasteiger partial charge in [0.05, 0.1) is 0 Å². The molecule has 6 aromatic rings. The molecule has 6 rings (SSSR count). The molecule has 214 valence electrons. The van der Waals surface area contributed by atoms with Gasteiger partial charge in [0.2, 0.25) is 0 Å². The molecule has 0 fully saturated rings. The maximum Gasteiger partial charge on any atom is 2.00 e. The fraction of sp³-hybridized carbons (Fsp3) is 0.250. The largest absolute Gasteiger partial charge is 2.00 e. The number of nitrogens with zero attached hydrogens (tertiary/aromatic N) is 3. The van der Waals surface area contributed by atoms with Crippen molar-refractivity contribution in [1.29, 1.82) is 0 Å². The molecule has 0 N–H and O–H groups in total. The summed E-state index contributed by atoms with van der Waals surface area (Å²) in [5, 5.41) is 1.00. The Balaban J connectivity index is 0.00000353. The number of hydrogen-bond donors (Lipinski definition) is 0. The van der Waals surface area contributed by atoms with Crippen molar-refractivity contribution >= 4 is 35.2 Å². The second-order valence-corrected chi connectivity index (χ2v) is 14.7. The Hall–Kier alpha value is -3.10. The second kappa shape index (κ2) is 11.5. The van der Waals surface area contributed by atoms with Gasteiger partial charge in [0.25, 0.3) is 0 Å². The summed E-state index contributed by atoms with van der Waals surface area (Å²) in [6, 6.07) is 30.2. The number of aryl methyl sites for hydroxylation is 1. The van der Waals surface area contributed by atoms with Gasteiger partial charge in [0.15, 0.2) is 0 Å². The molecule has 0 radical (unpaired) electrons. The summed E-state index contributed by atoms with van der Waals surface area (Å²) in [5.41, 5.74) is 8.01. The van der Waals surface area contributed by atoms with Crippen LogP contribution in [0.1, 0.15) is 58.2 Å². The number of ether oxygens (including phenoxy) is 1. The fourth-order valence-corrected chi connectivity index (χ4v) is 6.83. The van der Waals surface area contributed by atoms with Crippen LogP contribution in [-0.4, -0.2) is 29.5 Å². The number of rotatable bonds is 4. The van der Waals surface area contributed by atoms with Gasteiger partial charge in [-0.15, -0.1) is 0 Å². The minimum Gasteiger partial charge on any atom is 2.00 e. The third-order valence-electron chi connectivity index (χ3n) is 7.29. The van der Waals surface area contributed by atoms with Gasteiger partial charge in [-0.25, -0.2) is 0 Å². The van der Waals surface area contributed by atoms with Crippen LogP contribution >= 0.6 is 0 Å². The zero-order chi connectivity index (χ0) is 28.9.